The van der Waals surface area contributed by atoms with Crippen LogP contribution >= 0.6 is 0 Å². The van der Waals surface area contributed by atoms with Crippen LogP contribution in [-0.2, 0) is 14.3 Å². The fourth-order valence-electron chi connectivity index (χ4n) is 0.780. The van der Waals surface area contributed by atoms with Crippen LogP contribution < -0.4 is 16.4 Å². The monoisotopic (exact) mass is 215 g/mol. The van der Waals surface area contributed by atoms with Gasteiger partial charge in [-0.15, -0.1) is 0 Å². The van der Waals surface area contributed by atoms with Gasteiger partial charge >= 0.3 is 0 Å². The lowest BCUT2D eigenvalue weighted by atomic mass is 10.4. The first-order valence-electron chi connectivity index (χ1n) is 4.66. The highest BCUT2D eigenvalue weighted by Gasteiger charge is 2.02. The minimum Gasteiger partial charge on any atom is -0.502 e. The zero-order valence-corrected chi connectivity index (χ0v) is 8.62. The van der Waals surface area contributed by atoms with Crippen molar-refractivity contribution in [1.82, 2.24) is 10.6 Å². The summed E-state index contributed by atoms with van der Waals surface area (Å²) in [6, 6.07) is 0. The molecule has 0 aliphatic heterocycles. The fraction of sp³-hybridized carbons (Fsp3) is 0.556. The van der Waals surface area contributed by atoms with Crippen molar-refractivity contribution in [3.05, 3.63) is 12.8 Å². The Morgan fingerprint density at radius 3 is 2.67 bits per heavy atom. The van der Waals surface area contributed by atoms with Crippen molar-refractivity contribution >= 4 is 11.8 Å². The molecule has 0 fully saturated rings. The van der Waals surface area contributed by atoms with Crippen molar-refractivity contribution in [3.63, 3.8) is 0 Å². The van der Waals surface area contributed by atoms with Crippen molar-refractivity contribution in [3.8, 4) is 0 Å². The number of nitrogens with two attached hydrogens (primary N) is 1. The Morgan fingerprint density at radius 2 is 2.07 bits per heavy atom. The van der Waals surface area contributed by atoms with E-state index in [2.05, 4.69) is 17.2 Å². The Bertz CT molecular complexity index is 219. The topological polar surface area (TPSA) is 93.5 Å². The molecule has 0 heterocycles. The van der Waals surface area contributed by atoms with Gasteiger partial charge in [-0.25, -0.2) is 0 Å². The molecule has 15 heavy (non-hydrogen) atoms. The first kappa shape index (κ1) is 13.4. The number of carbonyl (C=O) groups excluding carboxylic acids is 2. The van der Waals surface area contributed by atoms with E-state index in [0.29, 0.717) is 19.6 Å². The summed E-state index contributed by atoms with van der Waals surface area (Å²) in [7, 11) is 0. The average Bonchev–Trinajstić information content (AvgIpc) is 2.25. The van der Waals surface area contributed by atoms with Crippen molar-refractivity contribution in [1.29, 1.82) is 0 Å². The highest BCUT2D eigenvalue weighted by molar-refractivity contribution is 5.85. The molecule has 0 unspecified atom stereocenters. The molecule has 0 radical (unpaired) electrons. The molecule has 6 nitrogen and oxygen atoms in total. The van der Waals surface area contributed by atoms with E-state index in [-0.39, 0.29) is 24.9 Å². The number of nitrogens with one attached hydrogen (secondary N) is 2. The van der Waals surface area contributed by atoms with E-state index in [1.165, 1.54) is 6.26 Å². The minimum absolute atomic E-state index is 0.0433. The van der Waals surface area contributed by atoms with Gasteiger partial charge in [0.1, 0.15) is 0 Å². The lowest BCUT2D eigenvalue weighted by Gasteiger charge is -2.05. The Labute approximate surface area is 88.8 Å². The molecule has 0 aromatic heterocycles. The van der Waals surface area contributed by atoms with E-state index in [0.717, 1.165) is 0 Å². The minimum atomic E-state index is -0.347. The van der Waals surface area contributed by atoms with Crippen LogP contribution in [0.5, 0.6) is 0 Å². The first-order chi connectivity index (χ1) is 7.20. The maximum atomic E-state index is 11.1. The second-order valence-corrected chi connectivity index (χ2v) is 2.72. The first-order valence-corrected chi connectivity index (χ1v) is 4.66. The summed E-state index contributed by atoms with van der Waals surface area (Å²) >= 11 is 0. The summed E-state index contributed by atoms with van der Waals surface area (Å²) in [5, 5.41) is 4.97. The highest BCUT2D eigenvalue weighted by atomic mass is 16.5. The standard InChI is InChI=1S/C9H17N3O3/c1-2-15-5-3-4-11-9(14)7-12-8(13)6-10/h2H,1,3-7,10H2,(H,11,14)(H,12,13). The number of hydrogen-bond acceptors (Lipinski definition) is 4. The molecular formula is C9H17N3O3. The number of ether oxygens (including phenoxy) is 1. The van der Waals surface area contributed by atoms with Gasteiger partial charge in [-0.2, -0.15) is 0 Å². The van der Waals surface area contributed by atoms with Crippen LogP contribution in [-0.4, -0.2) is 38.1 Å². The Morgan fingerprint density at radius 1 is 1.33 bits per heavy atom. The predicted octanol–water partition coefficient (Wildman–Crippen LogP) is -1.27. The predicted molar refractivity (Wildman–Crippen MR) is 55.8 cm³/mol. The largest absolute Gasteiger partial charge is 0.502 e. The van der Waals surface area contributed by atoms with Crippen molar-refractivity contribution in [2.75, 3.05) is 26.2 Å². The van der Waals surface area contributed by atoms with Crippen LogP contribution in [0.1, 0.15) is 6.42 Å². The third-order valence-electron chi connectivity index (χ3n) is 1.51. The molecule has 0 aliphatic carbocycles. The fourth-order valence-corrected chi connectivity index (χ4v) is 0.780. The Kier molecular flexibility index (Phi) is 8.08. The summed E-state index contributed by atoms with van der Waals surface area (Å²) in [6.07, 6.45) is 2.05. The Balaban J connectivity index is 3.33. The molecule has 0 aliphatic rings. The summed E-state index contributed by atoms with van der Waals surface area (Å²) in [5.41, 5.74) is 5.04. The maximum Gasteiger partial charge on any atom is 0.239 e. The van der Waals surface area contributed by atoms with E-state index in [1.54, 1.807) is 0 Å². The van der Waals surface area contributed by atoms with E-state index in [9.17, 15) is 9.59 Å². The zero-order chi connectivity index (χ0) is 11.5. The van der Waals surface area contributed by atoms with Crippen LogP contribution in [0, 0.1) is 0 Å². The van der Waals surface area contributed by atoms with Gasteiger partial charge in [0.05, 0.1) is 26.0 Å². The number of amides is 2. The Hall–Kier alpha value is -1.56. The third-order valence-corrected chi connectivity index (χ3v) is 1.51. The van der Waals surface area contributed by atoms with Gasteiger partial charge in [-0.05, 0) is 6.42 Å². The van der Waals surface area contributed by atoms with E-state index in [4.69, 9.17) is 10.5 Å². The van der Waals surface area contributed by atoms with Gasteiger partial charge in [0.25, 0.3) is 0 Å². The summed E-state index contributed by atoms with van der Waals surface area (Å²) in [6.45, 7) is 4.25. The second-order valence-electron chi connectivity index (χ2n) is 2.72. The summed E-state index contributed by atoms with van der Waals surface area (Å²) in [5.74, 6) is -0.587. The molecule has 4 N–H and O–H groups in total. The zero-order valence-electron chi connectivity index (χ0n) is 8.62. The van der Waals surface area contributed by atoms with Crippen LogP contribution in [0.25, 0.3) is 0 Å². The second kappa shape index (κ2) is 9.01. The van der Waals surface area contributed by atoms with E-state index < -0.39 is 0 Å². The molecule has 0 aromatic rings. The molecule has 86 valence electrons. The molecule has 0 rings (SSSR count). The van der Waals surface area contributed by atoms with Gasteiger partial charge in [0.15, 0.2) is 0 Å². The smallest absolute Gasteiger partial charge is 0.239 e. The summed E-state index contributed by atoms with van der Waals surface area (Å²) in [4.78, 5) is 21.8. The third kappa shape index (κ3) is 8.76. The molecule has 6 heteroatoms. The molecule has 0 saturated heterocycles. The van der Waals surface area contributed by atoms with Crippen molar-refractivity contribution < 1.29 is 14.3 Å². The molecular weight excluding hydrogens is 198 g/mol. The number of carbonyl (C=O) groups is 2. The highest BCUT2D eigenvalue weighted by Crippen LogP contribution is 1.80. The van der Waals surface area contributed by atoms with Crippen LogP contribution in [0.15, 0.2) is 12.8 Å². The molecule has 0 atom stereocenters. The van der Waals surface area contributed by atoms with E-state index >= 15 is 0 Å². The molecule has 0 saturated carbocycles. The van der Waals surface area contributed by atoms with Crippen LogP contribution in [0.2, 0.25) is 0 Å². The van der Waals surface area contributed by atoms with Gasteiger partial charge in [-0.1, -0.05) is 6.58 Å². The van der Waals surface area contributed by atoms with Gasteiger partial charge < -0.3 is 21.1 Å². The van der Waals surface area contributed by atoms with Crippen molar-refractivity contribution in [2.24, 2.45) is 5.73 Å². The maximum absolute atomic E-state index is 11.1. The van der Waals surface area contributed by atoms with Gasteiger partial charge in [0, 0.05) is 6.54 Å². The van der Waals surface area contributed by atoms with Crippen LogP contribution in [0.3, 0.4) is 0 Å². The van der Waals surface area contributed by atoms with E-state index in [1.807, 2.05) is 0 Å². The molecule has 0 aromatic carbocycles. The lowest BCUT2D eigenvalue weighted by molar-refractivity contribution is -0.125. The lowest BCUT2D eigenvalue weighted by Crippen LogP contribution is -2.39. The van der Waals surface area contributed by atoms with Gasteiger partial charge in [-0.3, -0.25) is 9.59 Å². The number of rotatable bonds is 8. The number of hydrogen-bond donors (Lipinski definition) is 3. The SMILES string of the molecule is C=COCCCNC(=O)CNC(=O)CN. The molecule has 0 spiro atoms. The molecule has 2 amide bonds. The quantitative estimate of drug-likeness (QED) is 0.347. The summed E-state index contributed by atoms with van der Waals surface area (Å²) < 4.78 is 4.86. The normalized spacial score (nSPS) is 9.13. The average molecular weight is 215 g/mol. The van der Waals surface area contributed by atoms with Gasteiger partial charge in [0.2, 0.25) is 11.8 Å². The molecule has 0 bridgehead atoms. The van der Waals surface area contributed by atoms with Crippen molar-refractivity contribution in [2.45, 2.75) is 6.42 Å². The van der Waals surface area contributed by atoms with Crippen LogP contribution in [0.4, 0.5) is 0 Å².